The molecule has 0 amide bonds. The first-order chi connectivity index (χ1) is 14.4. The number of aliphatic carboxylic acids is 1. The van der Waals surface area contributed by atoms with Crippen molar-refractivity contribution >= 4 is 29.1 Å². The summed E-state index contributed by atoms with van der Waals surface area (Å²) in [5.41, 5.74) is 2.44. The summed E-state index contributed by atoms with van der Waals surface area (Å²) in [5.74, 6) is -1.40. The van der Waals surface area contributed by atoms with E-state index in [4.69, 9.17) is 5.11 Å². The van der Waals surface area contributed by atoms with Crippen LogP contribution in [0, 0.1) is 11.7 Å². The lowest BCUT2D eigenvalue weighted by Crippen LogP contribution is -2.49. The van der Waals surface area contributed by atoms with Crippen LogP contribution in [0.3, 0.4) is 0 Å². The fraction of sp³-hybridized carbons (Fsp3) is 0.304. The van der Waals surface area contributed by atoms with Crippen molar-refractivity contribution in [3.05, 3.63) is 60.0 Å². The molecule has 1 aliphatic heterocycles. The molecule has 0 atom stereocenters. The van der Waals surface area contributed by atoms with E-state index in [2.05, 4.69) is 43.1 Å². The zero-order valence-electron chi connectivity index (χ0n) is 16.8. The summed E-state index contributed by atoms with van der Waals surface area (Å²) in [6.07, 6.45) is 1.84. The van der Waals surface area contributed by atoms with Crippen molar-refractivity contribution in [2.75, 3.05) is 13.1 Å². The Hall–Kier alpha value is -2.22. The molecule has 1 aromatic heterocycles. The zero-order chi connectivity index (χ0) is 21.3. The highest BCUT2D eigenvalue weighted by Gasteiger charge is 2.32. The standard InChI is InChI=1S/C23H23FN2O2S2/c1-14(2)29-19-7-5-15(6-8-19)21-10-25-22(30-21)16-3-4-17(20(24)9-16)11-26-12-18(13-26)23(27)28/h3-10,14,18H,11-13H2,1-2H3,(H,27,28). The Morgan fingerprint density at radius 2 is 1.93 bits per heavy atom. The van der Waals surface area contributed by atoms with Gasteiger partial charge in [0.15, 0.2) is 0 Å². The molecule has 2 aromatic carbocycles. The second kappa shape index (κ2) is 8.88. The molecule has 1 saturated heterocycles. The predicted molar refractivity (Wildman–Crippen MR) is 120 cm³/mol. The molecule has 0 unspecified atom stereocenters. The second-order valence-corrected chi connectivity index (χ2v) is 10.4. The summed E-state index contributed by atoms with van der Waals surface area (Å²) in [7, 11) is 0. The number of carbonyl (C=O) groups is 1. The molecule has 0 bridgehead atoms. The average Bonchev–Trinajstić information content (AvgIpc) is 3.15. The molecule has 2 heterocycles. The van der Waals surface area contributed by atoms with E-state index in [1.165, 1.54) is 11.0 Å². The van der Waals surface area contributed by atoms with Crippen LogP contribution in [0.25, 0.3) is 21.0 Å². The molecular weight excluding hydrogens is 419 g/mol. The van der Waals surface area contributed by atoms with Crippen molar-refractivity contribution in [1.82, 2.24) is 9.88 Å². The number of hydrogen-bond acceptors (Lipinski definition) is 5. The normalized spacial score (nSPS) is 14.8. The van der Waals surface area contributed by atoms with E-state index in [0.29, 0.717) is 30.4 Å². The smallest absolute Gasteiger partial charge is 0.309 e. The van der Waals surface area contributed by atoms with Crippen molar-refractivity contribution in [3.63, 3.8) is 0 Å². The molecule has 0 aliphatic carbocycles. The largest absolute Gasteiger partial charge is 0.481 e. The summed E-state index contributed by atoms with van der Waals surface area (Å²) in [4.78, 5) is 19.6. The van der Waals surface area contributed by atoms with E-state index in [-0.39, 0.29) is 11.7 Å². The molecule has 1 N–H and O–H groups in total. The highest BCUT2D eigenvalue weighted by atomic mass is 32.2. The molecule has 156 valence electrons. The number of halogens is 1. The van der Waals surface area contributed by atoms with Crippen LogP contribution >= 0.6 is 23.1 Å². The van der Waals surface area contributed by atoms with Crippen LogP contribution in [0.1, 0.15) is 19.4 Å². The lowest BCUT2D eigenvalue weighted by Gasteiger charge is -2.36. The Balaban J connectivity index is 1.44. The summed E-state index contributed by atoms with van der Waals surface area (Å²) in [6.45, 7) is 5.73. The van der Waals surface area contributed by atoms with Gasteiger partial charge < -0.3 is 5.11 Å². The number of thiazole rings is 1. The number of thioether (sulfide) groups is 1. The van der Waals surface area contributed by atoms with Gasteiger partial charge in [-0.25, -0.2) is 9.37 Å². The Morgan fingerprint density at radius 1 is 1.23 bits per heavy atom. The minimum Gasteiger partial charge on any atom is -0.481 e. The fourth-order valence-electron chi connectivity index (χ4n) is 3.42. The van der Waals surface area contributed by atoms with Crippen LogP contribution in [0.5, 0.6) is 0 Å². The van der Waals surface area contributed by atoms with Gasteiger partial charge >= 0.3 is 5.97 Å². The van der Waals surface area contributed by atoms with E-state index in [1.54, 1.807) is 17.4 Å². The third-order valence-electron chi connectivity index (χ3n) is 5.02. The molecule has 0 spiro atoms. The minimum atomic E-state index is -0.782. The van der Waals surface area contributed by atoms with E-state index < -0.39 is 5.97 Å². The number of benzene rings is 2. The van der Waals surface area contributed by atoms with E-state index >= 15 is 0 Å². The van der Waals surface area contributed by atoms with Crippen molar-refractivity contribution in [3.8, 4) is 21.0 Å². The molecule has 1 aliphatic rings. The topological polar surface area (TPSA) is 53.4 Å². The van der Waals surface area contributed by atoms with Gasteiger partial charge in [-0.2, -0.15) is 0 Å². The quantitative estimate of drug-likeness (QED) is 0.481. The first-order valence-corrected chi connectivity index (χ1v) is 11.6. The summed E-state index contributed by atoms with van der Waals surface area (Å²) >= 11 is 3.38. The maximum absolute atomic E-state index is 14.6. The number of rotatable bonds is 7. The average molecular weight is 443 g/mol. The molecule has 0 radical (unpaired) electrons. The van der Waals surface area contributed by atoms with Gasteiger partial charge in [-0.1, -0.05) is 38.1 Å². The molecule has 0 saturated carbocycles. The van der Waals surface area contributed by atoms with E-state index in [9.17, 15) is 9.18 Å². The summed E-state index contributed by atoms with van der Waals surface area (Å²) in [5, 5.41) is 10.3. The fourth-order valence-corrected chi connectivity index (χ4v) is 5.17. The van der Waals surface area contributed by atoms with Gasteiger partial charge in [-0.15, -0.1) is 23.1 Å². The van der Waals surface area contributed by atoms with Gasteiger partial charge in [0.2, 0.25) is 0 Å². The molecule has 1 fully saturated rings. The predicted octanol–water partition coefficient (Wildman–Crippen LogP) is 5.63. The lowest BCUT2D eigenvalue weighted by atomic mass is 9.99. The lowest BCUT2D eigenvalue weighted by molar-refractivity contribution is -0.147. The zero-order valence-corrected chi connectivity index (χ0v) is 18.5. The third-order valence-corrected chi connectivity index (χ3v) is 7.13. The molecule has 3 aromatic rings. The van der Waals surface area contributed by atoms with Gasteiger partial charge in [0.1, 0.15) is 10.8 Å². The number of carboxylic acids is 1. The highest BCUT2D eigenvalue weighted by molar-refractivity contribution is 7.99. The van der Waals surface area contributed by atoms with Gasteiger partial charge in [0, 0.05) is 47.1 Å². The van der Waals surface area contributed by atoms with Crippen LogP contribution in [0.15, 0.2) is 53.6 Å². The monoisotopic (exact) mass is 442 g/mol. The number of carboxylic acid groups (broad SMARTS) is 1. The summed E-state index contributed by atoms with van der Waals surface area (Å²) in [6, 6.07) is 13.6. The van der Waals surface area contributed by atoms with Crippen LogP contribution in [-0.2, 0) is 11.3 Å². The first kappa shape index (κ1) is 21.0. The van der Waals surface area contributed by atoms with Gasteiger partial charge in [-0.05, 0) is 23.8 Å². The van der Waals surface area contributed by atoms with E-state index in [0.717, 1.165) is 21.0 Å². The van der Waals surface area contributed by atoms with Crippen LogP contribution < -0.4 is 0 Å². The third kappa shape index (κ3) is 4.74. The Bertz CT molecular complexity index is 1040. The Kier molecular flexibility index (Phi) is 6.22. The van der Waals surface area contributed by atoms with Crippen LogP contribution in [0.2, 0.25) is 0 Å². The number of likely N-dealkylation sites (tertiary alicyclic amines) is 1. The Labute approximate surface area is 183 Å². The number of hydrogen-bond donors (Lipinski definition) is 1. The van der Waals surface area contributed by atoms with Crippen molar-refractivity contribution in [2.24, 2.45) is 5.92 Å². The van der Waals surface area contributed by atoms with Crippen LogP contribution in [-0.4, -0.2) is 39.3 Å². The van der Waals surface area contributed by atoms with Gasteiger partial charge in [-0.3, -0.25) is 9.69 Å². The highest BCUT2D eigenvalue weighted by Crippen LogP contribution is 2.34. The Morgan fingerprint density at radius 3 is 2.57 bits per heavy atom. The number of aromatic nitrogens is 1. The maximum Gasteiger partial charge on any atom is 0.309 e. The van der Waals surface area contributed by atoms with E-state index in [1.807, 2.05) is 28.9 Å². The number of nitrogens with zero attached hydrogens (tertiary/aromatic N) is 2. The molecule has 30 heavy (non-hydrogen) atoms. The molecular formula is C23H23FN2O2S2. The van der Waals surface area contributed by atoms with Crippen molar-refractivity contribution < 1.29 is 14.3 Å². The molecule has 4 rings (SSSR count). The van der Waals surface area contributed by atoms with Crippen molar-refractivity contribution in [1.29, 1.82) is 0 Å². The first-order valence-electron chi connectivity index (χ1n) is 9.86. The SMILES string of the molecule is CC(C)Sc1ccc(-c2cnc(-c3ccc(CN4CC(C(=O)O)C4)c(F)c3)s2)cc1. The maximum atomic E-state index is 14.6. The minimum absolute atomic E-state index is 0.280. The van der Waals surface area contributed by atoms with Crippen LogP contribution in [0.4, 0.5) is 4.39 Å². The molecule has 7 heteroatoms. The van der Waals surface area contributed by atoms with Gasteiger partial charge in [0.25, 0.3) is 0 Å². The van der Waals surface area contributed by atoms with Gasteiger partial charge in [0.05, 0.1) is 10.8 Å². The summed E-state index contributed by atoms with van der Waals surface area (Å²) < 4.78 is 14.6. The van der Waals surface area contributed by atoms with Crippen molar-refractivity contribution in [2.45, 2.75) is 30.5 Å². The second-order valence-electron chi connectivity index (χ2n) is 7.76. The molecule has 4 nitrogen and oxygen atoms in total.